The van der Waals surface area contributed by atoms with Crippen molar-refractivity contribution in [1.82, 2.24) is 9.88 Å². The summed E-state index contributed by atoms with van der Waals surface area (Å²) in [5, 5.41) is 1.35. The highest BCUT2D eigenvalue weighted by atomic mass is 32.1. The molecule has 0 atom stereocenters. The van der Waals surface area contributed by atoms with Gasteiger partial charge in [-0.25, -0.2) is 9.37 Å². The van der Waals surface area contributed by atoms with Crippen LogP contribution < -0.4 is 4.90 Å². The van der Waals surface area contributed by atoms with Crippen molar-refractivity contribution in [3.8, 4) is 0 Å². The summed E-state index contributed by atoms with van der Waals surface area (Å²) in [4.78, 5) is 21.3. The Labute approximate surface area is 166 Å². The van der Waals surface area contributed by atoms with Gasteiger partial charge in [-0.05, 0) is 51.3 Å². The van der Waals surface area contributed by atoms with Crippen LogP contribution in [0.4, 0.5) is 9.52 Å². The molecule has 0 aliphatic carbocycles. The van der Waals surface area contributed by atoms with Crippen LogP contribution in [-0.2, 0) is 0 Å². The van der Waals surface area contributed by atoms with Crippen LogP contribution in [0.2, 0.25) is 0 Å². The number of nitrogens with zero attached hydrogens (tertiary/aromatic N) is 3. The highest BCUT2D eigenvalue weighted by Crippen LogP contribution is 2.32. The first-order valence-corrected chi connectivity index (χ1v) is 9.85. The number of thiazole rings is 1. The van der Waals surface area contributed by atoms with Gasteiger partial charge in [-0.2, -0.15) is 0 Å². The van der Waals surface area contributed by atoms with Crippen molar-refractivity contribution in [2.24, 2.45) is 0 Å². The highest BCUT2D eigenvalue weighted by Gasteiger charge is 2.24. The van der Waals surface area contributed by atoms with Gasteiger partial charge in [0.25, 0.3) is 5.91 Å². The molecule has 0 unspecified atom stereocenters. The fourth-order valence-electron chi connectivity index (χ4n) is 3.07. The quantitative estimate of drug-likeness (QED) is 0.470. The summed E-state index contributed by atoms with van der Waals surface area (Å²) in [5.74, 6) is -0.398. The van der Waals surface area contributed by atoms with Gasteiger partial charge in [0.05, 0.1) is 4.70 Å². The van der Waals surface area contributed by atoms with E-state index in [0.717, 1.165) is 18.4 Å². The van der Waals surface area contributed by atoms with Gasteiger partial charge in [0.15, 0.2) is 10.9 Å². The average Bonchev–Trinajstić information content (AvgIpc) is 3.29. The third-order valence-corrected chi connectivity index (χ3v) is 5.50. The number of fused-ring (bicyclic) bond motifs is 2. The largest absolute Gasteiger partial charge is 0.451 e. The van der Waals surface area contributed by atoms with Crippen molar-refractivity contribution < 1.29 is 13.6 Å². The van der Waals surface area contributed by atoms with E-state index >= 15 is 0 Å². The maximum Gasteiger partial charge on any atom is 0.295 e. The Kier molecular flexibility index (Phi) is 5.11. The van der Waals surface area contributed by atoms with Crippen LogP contribution in [0.1, 0.15) is 17.0 Å². The van der Waals surface area contributed by atoms with Crippen molar-refractivity contribution in [2.75, 3.05) is 32.1 Å². The van der Waals surface area contributed by atoms with Gasteiger partial charge < -0.3 is 9.32 Å². The molecule has 2 heterocycles. The Hall–Kier alpha value is -2.77. The molecule has 0 aliphatic heterocycles. The van der Waals surface area contributed by atoms with Gasteiger partial charge in [0.1, 0.15) is 16.9 Å². The van der Waals surface area contributed by atoms with E-state index in [4.69, 9.17) is 4.42 Å². The summed E-state index contributed by atoms with van der Waals surface area (Å²) >= 11 is 1.31. The van der Waals surface area contributed by atoms with E-state index in [-0.39, 0.29) is 23.0 Å². The third kappa shape index (κ3) is 3.63. The zero-order valence-corrected chi connectivity index (χ0v) is 16.5. The number of para-hydroxylation sites is 2. The molecule has 0 saturated heterocycles. The van der Waals surface area contributed by atoms with Crippen LogP contribution >= 0.6 is 11.3 Å². The molecule has 2 aromatic heterocycles. The number of hydrogen-bond donors (Lipinski definition) is 0. The Morgan fingerprint density at radius 3 is 2.71 bits per heavy atom. The number of amides is 1. The van der Waals surface area contributed by atoms with Crippen LogP contribution in [0.5, 0.6) is 0 Å². The van der Waals surface area contributed by atoms with E-state index in [2.05, 4.69) is 9.88 Å². The smallest absolute Gasteiger partial charge is 0.295 e. The molecular weight excluding hydrogens is 377 g/mol. The van der Waals surface area contributed by atoms with E-state index in [9.17, 15) is 9.18 Å². The molecule has 144 valence electrons. The Balaban J connectivity index is 1.71. The number of hydrogen-bond acceptors (Lipinski definition) is 5. The molecule has 0 spiro atoms. The Morgan fingerprint density at radius 1 is 1.14 bits per heavy atom. The molecule has 4 rings (SSSR count). The summed E-state index contributed by atoms with van der Waals surface area (Å²) in [6.07, 6.45) is 0.761. The monoisotopic (exact) mass is 397 g/mol. The lowest BCUT2D eigenvalue weighted by molar-refractivity contribution is 0.0961. The summed E-state index contributed by atoms with van der Waals surface area (Å²) in [6.45, 7) is 1.29. The first kappa shape index (κ1) is 18.6. The van der Waals surface area contributed by atoms with Crippen molar-refractivity contribution in [3.05, 3.63) is 60.1 Å². The Bertz CT molecular complexity index is 1100. The molecule has 0 aliphatic rings. The molecule has 5 nitrogen and oxygen atoms in total. The fraction of sp³-hybridized carbons (Fsp3) is 0.238. The standard InChI is InChI=1S/C21H20FN3O2S/c1-24(2)11-6-12-25(21-23-19-15(22)8-5-10-18(19)28-21)20(26)17-13-14-7-3-4-9-16(14)27-17/h3-5,7-10,13H,6,11-12H2,1-2H3. The minimum absolute atomic E-state index is 0.255. The van der Waals surface area contributed by atoms with Crippen LogP contribution in [0.15, 0.2) is 52.9 Å². The normalized spacial score (nSPS) is 11.6. The Morgan fingerprint density at radius 2 is 1.96 bits per heavy atom. The van der Waals surface area contributed by atoms with Crippen molar-refractivity contribution in [2.45, 2.75) is 6.42 Å². The van der Waals surface area contributed by atoms with Crippen molar-refractivity contribution in [3.63, 3.8) is 0 Å². The van der Waals surface area contributed by atoms with Crippen LogP contribution in [0.25, 0.3) is 21.2 Å². The molecule has 1 amide bonds. The number of benzene rings is 2. The second-order valence-corrected chi connectivity index (χ2v) is 7.85. The molecule has 0 radical (unpaired) electrons. The van der Waals surface area contributed by atoms with E-state index in [1.165, 1.54) is 17.4 Å². The maximum absolute atomic E-state index is 14.1. The zero-order valence-electron chi connectivity index (χ0n) is 15.7. The third-order valence-electron chi connectivity index (χ3n) is 4.46. The first-order valence-electron chi connectivity index (χ1n) is 9.03. The predicted molar refractivity (Wildman–Crippen MR) is 111 cm³/mol. The summed E-state index contributed by atoms with van der Waals surface area (Å²) in [7, 11) is 3.97. The second kappa shape index (κ2) is 7.69. The molecule has 0 saturated carbocycles. The molecule has 0 bridgehead atoms. The molecule has 0 N–H and O–H groups in total. The molecular formula is C21H20FN3O2S. The van der Waals surface area contributed by atoms with Gasteiger partial charge in [0, 0.05) is 11.9 Å². The van der Waals surface area contributed by atoms with E-state index in [1.54, 1.807) is 17.0 Å². The molecule has 28 heavy (non-hydrogen) atoms. The van der Waals surface area contributed by atoms with Crippen LogP contribution in [0.3, 0.4) is 0 Å². The van der Waals surface area contributed by atoms with Crippen molar-refractivity contribution >= 4 is 43.6 Å². The van der Waals surface area contributed by atoms with Gasteiger partial charge >= 0.3 is 0 Å². The number of rotatable bonds is 6. The highest BCUT2D eigenvalue weighted by molar-refractivity contribution is 7.22. The molecule has 7 heteroatoms. The summed E-state index contributed by atoms with van der Waals surface area (Å²) in [6, 6.07) is 14.1. The van der Waals surface area contributed by atoms with Gasteiger partial charge in [0.2, 0.25) is 0 Å². The number of halogens is 1. The number of carbonyl (C=O) groups excluding carboxylic acids is 1. The van der Waals surface area contributed by atoms with Gasteiger partial charge in [-0.3, -0.25) is 9.69 Å². The van der Waals surface area contributed by atoms with Crippen LogP contribution in [0, 0.1) is 5.82 Å². The van der Waals surface area contributed by atoms with Gasteiger partial charge in [-0.1, -0.05) is 35.6 Å². The lowest BCUT2D eigenvalue weighted by Crippen LogP contribution is -2.33. The van der Waals surface area contributed by atoms with E-state index in [1.807, 2.05) is 44.4 Å². The topological polar surface area (TPSA) is 49.6 Å². The van der Waals surface area contributed by atoms with Crippen molar-refractivity contribution in [1.29, 1.82) is 0 Å². The minimum Gasteiger partial charge on any atom is -0.451 e. The number of furan rings is 1. The lowest BCUT2D eigenvalue weighted by Gasteiger charge is -2.19. The fourth-order valence-corrected chi connectivity index (χ4v) is 4.07. The number of carbonyl (C=O) groups is 1. The molecule has 4 aromatic rings. The van der Waals surface area contributed by atoms with Crippen LogP contribution in [-0.4, -0.2) is 43.0 Å². The molecule has 2 aromatic carbocycles. The lowest BCUT2D eigenvalue weighted by atomic mass is 10.2. The molecule has 0 fully saturated rings. The second-order valence-electron chi connectivity index (χ2n) is 6.85. The van der Waals surface area contributed by atoms with Gasteiger partial charge in [-0.15, -0.1) is 0 Å². The SMILES string of the molecule is CN(C)CCCN(C(=O)c1cc2ccccc2o1)c1nc2c(F)cccc2s1. The predicted octanol–water partition coefficient (Wildman–Crippen LogP) is 4.78. The number of aromatic nitrogens is 1. The number of anilines is 1. The van der Waals surface area contributed by atoms with E-state index < -0.39 is 0 Å². The first-order chi connectivity index (χ1) is 13.5. The summed E-state index contributed by atoms with van der Waals surface area (Å²) < 4.78 is 20.6. The maximum atomic E-state index is 14.1. The minimum atomic E-state index is -0.385. The zero-order chi connectivity index (χ0) is 19.7. The van der Waals surface area contributed by atoms with E-state index in [0.29, 0.717) is 22.0 Å². The summed E-state index contributed by atoms with van der Waals surface area (Å²) in [5.41, 5.74) is 0.951. The average molecular weight is 397 g/mol.